The Morgan fingerprint density at radius 1 is 1.17 bits per heavy atom. The third-order valence-corrected chi connectivity index (χ3v) is 4.14. The molecule has 1 N–H and O–H groups in total. The Labute approximate surface area is 152 Å². The highest BCUT2D eigenvalue weighted by Gasteiger charge is 2.11. The van der Waals surface area contributed by atoms with Gasteiger partial charge in [0.25, 0.3) is 0 Å². The van der Waals surface area contributed by atoms with E-state index in [-0.39, 0.29) is 12.3 Å². The number of anilines is 1. The number of aromatic nitrogens is 2. The van der Waals surface area contributed by atoms with Gasteiger partial charge in [-0.25, -0.2) is 0 Å². The summed E-state index contributed by atoms with van der Waals surface area (Å²) in [6, 6.07) is 14.7. The lowest BCUT2D eigenvalue weighted by molar-refractivity contribution is -0.116. The van der Waals surface area contributed by atoms with Crippen LogP contribution in [0.4, 0.5) is 5.69 Å². The molecule has 0 unspecified atom stereocenters. The second kappa shape index (κ2) is 7.59. The van der Waals surface area contributed by atoms with E-state index in [2.05, 4.69) is 31.4 Å². The maximum Gasteiger partial charge on any atom is 0.227 e. The lowest BCUT2D eigenvalue weighted by Gasteiger charge is -2.05. The minimum atomic E-state index is -0.161. The van der Waals surface area contributed by atoms with E-state index in [1.807, 2.05) is 30.3 Å². The number of para-hydroxylation sites is 1. The number of rotatable bonds is 5. The Kier molecular flexibility index (Phi) is 5.27. The molecule has 0 radical (unpaired) electrons. The van der Waals surface area contributed by atoms with E-state index in [4.69, 9.17) is 16.1 Å². The Balaban J connectivity index is 1.58. The molecular weight excluding hydrogens is 394 g/mol. The molecule has 122 valence electrons. The van der Waals surface area contributed by atoms with E-state index in [1.165, 1.54) is 0 Å². The van der Waals surface area contributed by atoms with Crippen molar-refractivity contribution in [3.05, 3.63) is 63.9 Å². The highest BCUT2D eigenvalue weighted by molar-refractivity contribution is 9.10. The molecule has 0 aliphatic heterocycles. The average molecular weight is 407 g/mol. The molecule has 0 bridgehead atoms. The molecule has 1 heterocycles. The van der Waals surface area contributed by atoms with Crippen LogP contribution >= 0.6 is 27.5 Å². The van der Waals surface area contributed by atoms with Crippen LogP contribution in [0.5, 0.6) is 0 Å². The standard InChI is InChI=1S/C17H13BrClN3O2/c18-12-7-5-11(6-8-12)17-21-16(24-22-17)10-9-15(23)20-14-4-2-1-3-13(14)19/h1-8H,9-10H2,(H,20,23). The average Bonchev–Trinajstić information content (AvgIpc) is 3.05. The second-order valence-electron chi connectivity index (χ2n) is 5.05. The molecule has 1 amide bonds. The molecule has 2 aromatic carbocycles. The Morgan fingerprint density at radius 3 is 2.67 bits per heavy atom. The van der Waals surface area contributed by atoms with Crippen molar-refractivity contribution in [3.63, 3.8) is 0 Å². The predicted octanol–water partition coefficient (Wildman–Crippen LogP) is 4.72. The summed E-state index contributed by atoms with van der Waals surface area (Å²) in [6.07, 6.45) is 0.590. The fourth-order valence-electron chi connectivity index (χ4n) is 2.07. The predicted molar refractivity (Wildman–Crippen MR) is 95.8 cm³/mol. The molecule has 7 heteroatoms. The lowest BCUT2D eigenvalue weighted by atomic mass is 10.2. The van der Waals surface area contributed by atoms with Crippen LogP contribution < -0.4 is 5.32 Å². The number of aryl methyl sites for hydroxylation is 1. The molecule has 0 fully saturated rings. The quantitative estimate of drug-likeness (QED) is 0.665. The van der Waals surface area contributed by atoms with Crippen molar-refractivity contribution in [2.75, 3.05) is 5.32 Å². The van der Waals surface area contributed by atoms with Crippen molar-refractivity contribution in [1.29, 1.82) is 0 Å². The zero-order valence-corrected chi connectivity index (χ0v) is 14.8. The SMILES string of the molecule is O=C(CCc1nc(-c2ccc(Br)cc2)no1)Nc1ccccc1Cl. The molecule has 3 rings (SSSR count). The minimum Gasteiger partial charge on any atom is -0.339 e. The number of hydrogen-bond donors (Lipinski definition) is 1. The van der Waals surface area contributed by atoms with Gasteiger partial charge in [-0.05, 0) is 36.4 Å². The molecule has 3 aromatic rings. The summed E-state index contributed by atoms with van der Waals surface area (Å²) in [5.41, 5.74) is 1.44. The van der Waals surface area contributed by atoms with Gasteiger partial charge >= 0.3 is 0 Å². The largest absolute Gasteiger partial charge is 0.339 e. The summed E-state index contributed by atoms with van der Waals surface area (Å²) < 4.78 is 6.17. The van der Waals surface area contributed by atoms with E-state index in [9.17, 15) is 4.79 Å². The fraction of sp³-hybridized carbons (Fsp3) is 0.118. The van der Waals surface area contributed by atoms with Crippen LogP contribution in [-0.4, -0.2) is 16.0 Å². The number of nitrogens with one attached hydrogen (secondary N) is 1. The molecule has 5 nitrogen and oxygen atoms in total. The summed E-state index contributed by atoms with van der Waals surface area (Å²) >= 11 is 9.39. The zero-order chi connectivity index (χ0) is 16.9. The van der Waals surface area contributed by atoms with Crippen molar-refractivity contribution in [2.24, 2.45) is 0 Å². The van der Waals surface area contributed by atoms with Crippen LogP contribution in [0.25, 0.3) is 11.4 Å². The number of carbonyl (C=O) groups is 1. The molecule has 0 aliphatic carbocycles. The van der Waals surface area contributed by atoms with Gasteiger partial charge in [-0.1, -0.05) is 44.8 Å². The van der Waals surface area contributed by atoms with Crippen LogP contribution in [0.1, 0.15) is 12.3 Å². The number of nitrogens with zero attached hydrogens (tertiary/aromatic N) is 2. The maximum absolute atomic E-state index is 12.0. The first-order valence-electron chi connectivity index (χ1n) is 7.25. The first-order valence-corrected chi connectivity index (χ1v) is 8.42. The molecule has 0 spiro atoms. The van der Waals surface area contributed by atoms with Crippen molar-refractivity contribution >= 4 is 39.1 Å². The van der Waals surface area contributed by atoms with Gasteiger partial charge in [0.15, 0.2) is 0 Å². The van der Waals surface area contributed by atoms with Crippen LogP contribution in [0.15, 0.2) is 57.5 Å². The van der Waals surface area contributed by atoms with Gasteiger partial charge in [0.2, 0.25) is 17.6 Å². The summed E-state index contributed by atoms with van der Waals surface area (Å²) in [4.78, 5) is 16.3. The third-order valence-electron chi connectivity index (χ3n) is 3.28. The number of hydrogen-bond acceptors (Lipinski definition) is 4. The first-order chi connectivity index (χ1) is 11.6. The lowest BCUT2D eigenvalue weighted by Crippen LogP contribution is -2.12. The number of benzene rings is 2. The molecule has 0 atom stereocenters. The van der Waals surface area contributed by atoms with Crippen molar-refractivity contribution < 1.29 is 9.32 Å². The minimum absolute atomic E-state index is 0.161. The van der Waals surface area contributed by atoms with E-state index in [0.717, 1.165) is 10.0 Å². The molecule has 0 saturated heterocycles. The molecule has 24 heavy (non-hydrogen) atoms. The molecule has 0 aliphatic rings. The van der Waals surface area contributed by atoms with Crippen LogP contribution in [0.2, 0.25) is 5.02 Å². The normalized spacial score (nSPS) is 10.6. The van der Waals surface area contributed by atoms with Gasteiger partial charge < -0.3 is 9.84 Å². The van der Waals surface area contributed by atoms with Crippen LogP contribution in [-0.2, 0) is 11.2 Å². The zero-order valence-electron chi connectivity index (χ0n) is 12.5. The first kappa shape index (κ1) is 16.7. The fourth-order valence-corrected chi connectivity index (χ4v) is 2.52. The van der Waals surface area contributed by atoms with Crippen LogP contribution in [0.3, 0.4) is 0 Å². The van der Waals surface area contributed by atoms with Crippen molar-refractivity contribution in [1.82, 2.24) is 10.1 Å². The summed E-state index contributed by atoms with van der Waals surface area (Å²) in [5, 5.41) is 7.20. The highest BCUT2D eigenvalue weighted by atomic mass is 79.9. The Bertz CT molecular complexity index is 849. The number of amides is 1. The Morgan fingerprint density at radius 2 is 1.92 bits per heavy atom. The van der Waals surface area contributed by atoms with E-state index in [0.29, 0.717) is 28.8 Å². The number of halogens is 2. The summed E-state index contributed by atoms with van der Waals surface area (Å²) in [7, 11) is 0. The van der Waals surface area contributed by atoms with Gasteiger partial charge in [0.1, 0.15) is 0 Å². The maximum atomic E-state index is 12.0. The topological polar surface area (TPSA) is 68.0 Å². The summed E-state index contributed by atoms with van der Waals surface area (Å²) in [5.74, 6) is 0.762. The number of carbonyl (C=O) groups excluding carboxylic acids is 1. The van der Waals surface area contributed by atoms with Crippen molar-refractivity contribution in [3.8, 4) is 11.4 Å². The van der Waals surface area contributed by atoms with Gasteiger partial charge in [-0.15, -0.1) is 0 Å². The Hall–Kier alpha value is -2.18. The summed E-state index contributed by atoms with van der Waals surface area (Å²) in [6.45, 7) is 0. The van der Waals surface area contributed by atoms with Gasteiger partial charge in [0.05, 0.1) is 10.7 Å². The van der Waals surface area contributed by atoms with E-state index < -0.39 is 0 Å². The smallest absolute Gasteiger partial charge is 0.227 e. The molecule has 0 saturated carbocycles. The molecular formula is C17H13BrClN3O2. The highest BCUT2D eigenvalue weighted by Crippen LogP contribution is 2.21. The molecule has 1 aromatic heterocycles. The monoisotopic (exact) mass is 405 g/mol. The third kappa shape index (κ3) is 4.21. The second-order valence-corrected chi connectivity index (χ2v) is 6.37. The van der Waals surface area contributed by atoms with Gasteiger partial charge in [-0.3, -0.25) is 4.79 Å². The van der Waals surface area contributed by atoms with Crippen LogP contribution in [0, 0.1) is 0 Å². The van der Waals surface area contributed by atoms with Gasteiger partial charge in [-0.2, -0.15) is 4.98 Å². The van der Waals surface area contributed by atoms with E-state index >= 15 is 0 Å². The van der Waals surface area contributed by atoms with E-state index in [1.54, 1.807) is 18.2 Å². The van der Waals surface area contributed by atoms with Crippen molar-refractivity contribution in [2.45, 2.75) is 12.8 Å². The van der Waals surface area contributed by atoms with Gasteiger partial charge in [0, 0.05) is 22.9 Å².